The van der Waals surface area contributed by atoms with Crippen LogP contribution in [0.1, 0.15) is 39.0 Å². The minimum absolute atomic E-state index is 0.132. The predicted molar refractivity (Wildman–Crippen MR) is 97.7 cm³/mol. The molecule has 0 unspecified atom stereocenters. The zero-order chi connectivity index (χ0) is 18.5. The van der Waals surface area contributed by atoms with Gasteiger partial charge in [0, 0.05) is 11.7 Å². The van der Waals surface area contributed by atoms with Crippen LogP contribution in [-0.4, -0.2) is 28.8 Å². The molecule has 3 rings (SSSR count). The van der Waals surface area contributed by atoms with E-state index < -0.39 is 23.8 Å². The fraction of sp³-hybridized carbons (Fsp3) is 0.421. The highest BCUT2D eigenvalue weighted by molar-refractivity contribution is 6.17. The van der Waals surface area contributed by atoms with Gasteiger partial charge in [-0.25, -0.2) is 4.79 Å². The number of carbonyl (C=O) groups is 3. The highest BCUT2D eigenvalue weighted by Gasteiger charge is 2.45. The van der Waals surface area contributed by atoms with E-state index in [1.165, 1.54) is 4.90 Å². The van der Waals surface area contributed by atoms with E-state index in [1.807, 2.05) is 30.3 Å². The molecule has 4 amide bonds. The summed E-state index contributed by atoms with van der Waals surface area (Å²) in [5.41, 5.74) is 7.15. The van der Waals surface area contributed by atoms with E-state index in [1.54, 1.807) is 13.0 Å². The number of amides is 4. The topological polar surface area (TPSA) is 90.5 Å². The fourth-order valence-corrected chi connectivity index (χ4v) is 3.53. The van der Waals surface area contributed by atoms with Crippen molar-refractivity contribution in [1.29, 1.82) is 0 Å². The number of hydrogen-bond acceptors (Lipinski definition) is 5. The molecule has 2 fully saturated rings. The van der Waals surface area contributed by atoms with Crippen molar-refractivity contribution in [2.24, 2.45) is 5.92 Å². The number of rotatable bonds is 5. The first-order valence-corrected chi connectivity index (χ1v) is 9.03. The number of hydrogen-bond donors (Lipinski definition) is 3. The van der Waals surface area contributed by atoms with E-state index >= 15 is 0 Å². The number of para-hydroxylation sites is 1. The van der Waals surface area contributed by atoms with Crippen LogP contribution < -0.4 is 16.2 Å². The standard InChI is InChI=1S/C19H24N4O3/c1-2-15(22-21-13-9-5-3-6-10-13)16-17(24)20-19(26)23(18(16)25)14-11-7-4-8-12-14/h2-3,5-6,9-10,14,16,21-22H,4,7-8,11-12H2,1H3,(H,20,24,26)/b15-2+/t16-/m1/s1. The van der Waals surface area contributed by atoms with E-state index in [9.17, 15) is 14.4 Å². The lowest BCUT2D eigenvalue weighted by Crippen LogP contribution is -2.62. The minimum Gasteiger partial charge on any atom is -0.304 e. The fourth-order valence-electron chi connectivity index (χ4n) is 3.53. The Morgan fingerprint density at radius 2 is 1.81 bits per heavy atom. The van der Waals surface area contributed by atoms with Crippen molar-refractivity contribution < 1.29 is 14.4 Å². The molecule has 1 saturated heterocycles. The second kappa shape index (κ2) is 8.03. The van der Waals surface area contributed by atoms with E-state index in [0.717, 1.165) is 37.8 Å². The van der Waals surface area contributed by atoms with Gasteiger partial charge in [-0.1, -0.05) is 43.5 Å². The largest absolute Gasteiger partial charge is 0.331 e. The summed E-state index contributed by atoms with van der Waals surface area (Å²) in [6.07, 6.45) is 6.36. The van der Waals surface area contributed by atoms with Gasteiger partial charge < -0.3 is 10.9 Å². The van der Waals surface area contributed by atoms with Crippen LogP contribution in [0.25, 0.3) is 0 Å². The lowest BCUT2D eigenvalue weighted by Gasteiger charge is -2.38. The minimum atomic E-state index is -1.06. The third-order valence-corrected chi connectivity index (χ3v) is 4.88. The molecule has 0 aromatic heterocycles. The van der Waals surface area contributed by atoms with Gasteiger partial charge in [-0.3, -0.25) is 19.8 Å². The van der Waals surface area contributed by atoms with Gasteiger partial charge in [0.15, 0.2) is 5.92 Å². The van der Waals surface area contributed by atoms with Crippen LogP contribution in [0.15, 0.2) is 42.1 Å². The molecular formula is C19H24N4O3. The van der Waals surface area contributed by atoms with Crippen molar-refractivity contribution in [3.8, 4) is 0 Å². The van der Waals surface area contributed by atoms with Gasteiger partial charge in [-0.15, -0.1) is 0 Å². The lowest BCUT2D eigenvalue weighted by atomic mass is 9.91. The average molecular weight is 356 g/mol. The quantitative estimate of drug-likeness (QED) is 0.557. The average Bonchev–Trinajstić information content (AvgIpc) is 2.65. The molecule has 26 heavy (non-hydrogen) atoms. The summed E-state index contributed by atoms with van der Waals surface area (Å²) in [6, 6.07) is 8.64. The van der Waals surface area contributed by atoms with Gasteiger partial charge in [-0.05, 0) is 31.9 Å². The van der Waals surface area contributed by atoms with Crippen LogP contribution >= 0.6 is 0 Å². The van der Waals surface area contributed by atoms with Crippen LogP contribution in [-0.2, 0) is 9.59 Å². The molecule has 1 aromatic carbocycles. The van der Waals surface area contributed by atoms with Crippen molar-refractivity contribution in [3.63, 3.8) is 0 Å². The lowest BCUT2D eigenvalue weighted by molar-refractivity contribution is -0.142. The molecule has 7 nitrogen and oxygen atoms in total. The maximum Gasteiger partial charge on any atom is 0.331 e. The summed E-state index contributed by atoms with van der Waals surface area (Å²) in [5.74, 6) is -2.11. The van der Waals surface area contributed by atoms with Crippen molar-refractivity contribution in [2.45, 2.75) is 45.1 Å². The van der Waals surface area contributed by atoms with E-state index in [0.29, 0.717) is 5.70 Å². The van der Waals surface area contributed by atoms with Gasteiger partial charge in [0.2, 0.25) is 11.8 Å². The Kier molecular flexibility index (Phi) is 5.55. The summed E-state index contributed by atoms with van der Waals surface area (Å²) >= 11 is 0. The zero-order valence-electron chi connectivity index (χ0n) is 14.8. The molecule has 1 aliphatic carbocycles. The van der Waals surface area contributed by atoms with Gasteiger partial charge in [0.05, 0.1) is 5.69 Å². The number of hydrazine groups is 1. The Bertz CT molecular complexity index is 711. The van der Waals surface area contributed by atoms with E-state index in [-0.39, 0.29) is 6.04 Å². The highest BCUT2D eigenvalue weighted by Crippen LogP contribution is 2.27. The van der Waals surface area contributed by atoms with Crippen LogP contribution in [0.5, 0.6) is 0 Å². The van der Waals surface area contributed by atoms with E-state index in [2.05, 4.69) is 16.2 Å². The Hall–Kier alpha value is -2.83. The first-order chi connectivity index (χ1) is 12.6. The molecular weight excluding hydrogens is 332 g/mol. The molecule has 1 aliphatic heterocycles. The number of barbiturate groups is 1. The smallest absolute Gasteiger partial charge is 0.304 e. The monoisotopic (exact) mass is 356 g/mol. The van der Waals surface area contributed by atoms with Crippen molar-refractivity contribution in [1.82, 2.24) is 15.6 Å². The number of allylic oxidation sites excluding steroid dienone is 1. The summed E-state index contributed by atoms with van der Waals surface area (Å²) in [6.45, 7) is 1.75. The first kappa shape index (κ1) is 18.0. The molecule has 1 heterocycles. The molecule has 1 aromatic rings. The number of nitrogens with one attached hydrogen (secondary N) is 3. The Morgan fingerprint density at radius 3 is 2.46 bits per heavy atom. The van der Waals surface area contributed by atoms with Gasteiger partial charge in [0.25, 0.3) is 0 Å². The highest BCUT2D eigenvalue weighted by atomic mass is 16.2. The predicted octanol–water partition coefficient (Wildman–Crippen LogP) is 2.53. The van der Waals surface area contributed by atoms with Crippen LogP contribution in [0.2, 0.25) is 0 Å². The summed E-state index contributed by atoms with van der Waals surface area (Å²) < 4.78 is 0. The molecule has 1 atom stereocenters. The summed E-state index contributed by atoms with van der Waals surface area (Å²) in [4.78, 5) is 38.9. The SMILES string of the molecule is C/C=C(/NNc1ccccc1)[C@@H]1C(=O)NC(=O)N(C2CCCCC2)C1=O. The van der Waals surface area contributed by atoms with Gasteiger partial charge in [0.1, 0.15) is 0 Å². The number of imide groups is 2. The molecule has 138 valence electrons. The van der Waals surface area contributed by atoms with Crippen LogP contribution in [0.4, 0.5) is 10.5 Å². The second-order valence-electron chi connectivity index (χ2n) is 6.59. The third-order valence-electron chi connectivity index (χ3n) is 4.88. The molecule has 7 heteroatoms. The molecule has 2 aliphatic rings. The summed E-state index contributed by atoms with van der Waals surface area (Å²) in [5, 5.41) is 2.34. The first-order valence-electron chi connectivity index (χ1n) is 9.03. The number of carbonyl (C=O) groups excluding carboxylic acids is 3. The van der Waals surface area contributed by atoms with Crippen LogP contribution in [0.3, 0.4) is 0 Å². The van der Waals surface area contributed by atoms with Gasteiger partial charge in [-0.2, -0.15) is 0 Å². The van der Waals surface area contributed by atoms with Crippen molar-refractivity contribution in [2.75, 3.05) is 5.43 Å². The maximum absolute atomic E-state index is 13.0. The molecule has 0 radical (unpaired) electrons. The zero-order valence-corrected chi connectivity index (χ0v) is 14.8. The molecule has 0 spiro atoms. The Balaban J connectivity index is 1.76. The summed E-state index contributed by atoms with van der Waals surface area (Å²) in [7, 11) is 0. The van der Waals surface area contributed by atoms with Crippen LogP contribution in [0, 0.1) is 5.92 Å². The number of nitrogens with zero attached hydrogens (tertiary/aromatic N) is 1. The number of anilines is 1. The third kappa shape index (κ3) is 3.71. The molecule has 1 saturated carbocycles. The normalized spacial score (nSPS) is 22.2. The number of urea groups is 1. The van der Waals surface area contributed by atoms with Crippen molar-refractivity contribution >= 4 is 23.5 Å². The Morgan fingerprint density at radius 1 is 1.12 bits per heavy atom. The maximum atomic E-state index is 13.0. The Labute approximate surface area is 152 Å². The molecule has 0 bridgehead atoms. The number of benzene rings is 1. The molecule has 3 N–H and O–H groups in total. The van der Waals surface area contributed by atoms with Gasteiger partial charge >= 0.3 is 6.03 Å². The van der Waals surface area contributed by atoms with Crippen molar-refractivity contribution in [3.05, 3.63) is 42.1 Å². The van der Waals surface area contributed by atoms with E-state index in [4.69, 9.17) is 0 Å². The second-order valence-corrected chi connectivity index (χ2v) is 6.59.